The fourth-order valence-corrected chi connectivity index (χ4v) is 3.42. The van der Waals surface area contributed by atoms with Crippen LogP contribution in [0.1, 0.15) is 19.8 Å². The van der Waals surface area contributed by atoms with Gasteiger partial charge >= 0.3 is 5.97 Å². The Labute approximate surface area is 154 Å². The summed E-state index contributed by atoms with van der Waals surface area (Å²) in [6.07, 6.45) is 2.60. The highest BCUT2D eigenvalue weighted by molar-refractivity contribution is 7.89. The lowest BCUT2D eigenvalue weighted by atomic mass is 10.1. The second-order valence-electron chi connectivity index (χ2n) is 5.98. The van der Waals surface area contributed by atoms with Crippen LogP contribution in [0.25, 0.3) is 21.8 Å². The summed E-state index contributed by atoms with van der Waals surface area (Å²) >= 11 is 0. The van der Waals surface area contributed by atoms with Crippen molar-refractivity contribution in [3.8, 4) is 0 Å². The normalized spacial score (nSPS) is 11.6. The maximum Gasteiger partial charge on any atom is 0.303 e. The zero-order valence-corrected chi connectivity index (χ0v) is 15.9. The van der Waals surface area contributed by atoms with E-state index in [2.05, 4.69) is 9.97 Å². The molecular formula is C17H20FN3O5S. The van der Waals surface area contributed by atoms with Gasteiger partial charge in [-0.05, 0) is 24.6 Å². The largest absolute Gasteiger partial charge is 0.481 e. The van der Waals surface area contributed by atoms with Crippen molar-refractivity contribution in [2.75, 3.05) is 14.1 Å². The van der Waals surface area contributed by atoms with E-state index in [1.54, 1.807) is 12.3 Å². The quantitative estimate of drug-likeness (QED) is 0.623. The third-order valence-corrected chi connectivity index (χ3v) is 5.64. The number of nitrogens with one attached hydrogen (secondary N) is 2. The lowest BCUT2D eigenvalue weighted by Gasteiger charge is -2.13. The first-order chi connectivity index (χ1) is 12.6. The fourth-order valence-electron chi connectivity index (χ4n) is 2.45. The molecule has 146 valence electrons. The third kappa shape index (κ3) is 4.17. The molecule has 0 atom stereocenters. The Morgan fingerprint density at radius 1 is 1.26 bits per heavy atom. The summed E-state index contributed by atoms with van der Waals surface area (Å²) in [5, 5.41) is 8.92. The molecule has 0 radical (unpaired) electrons. The minimum atomic E-state index is -3.90. The first kappa shape index (κ1) is 20.6. The Kier molecular flexibility index (Phi) is 6.01. The van der Waals surface area contributed by atoms with E-state index in [1.165, 1.54) is 20.2 Å². The number of benzene rings is 1. The number of carboxylic acids is 1. The van der Waals surface area contributed by atoms with Gasteiger partial charge in [-0.2, -0.15) is 0 Å². The van der Waals surface area contributed by atoms with E-state index in [9.17, 15) is 22.4 Å². The van der Waals surface area contributed by atoms with Crippen LogP contribution in [0.4, 0.5) is 4.39 Å². The smallest absolute Gasteiger partial charge is 0.303 e. The first-order valence-corrected chi connectivity index (χ1v) is 9.50. The molecule has 1 aromatic carbocycles. The molecule has 0 bridgehead atoms. The van der Waals surface area contributed by atoms with Crippen LogP contribution in [0.3, 0.4) is 0 Å². The van der Waals surface area contributed by atoms with Crippen molar-refractivity contribution < 1.29 is 22.7 Å². The third-order valence-electron chi connectivity index (χ3n) is 3.81. The summed E-state index contributed by atoms with van der Waals surface area (Å²) in [5.41, 5.74) is 0.190. The van der Waals surface area contributed by atoms with Crippen LogP contribution < -0.4 is 5.56 Å². The minimum Gasteiger partial charge on any atom is -0.481 e. The zero-order chi connectivity index (χ0) is 20.4. The molecule has 27 heavy (non-hydrogen) atoms. The highest BCUT2D eigenvalue weighted by Gasteiger charge is 2.23. The van der Waals surface area contributed by atoms with Gasteiger partial charge < -0.3 is 15.1 Å². The van der Waals surface area contributed by atoms with Gasteiger partial charge in [0.2, 0.25) is 10.0 Å². The van der Waals surface area contributed by atoms with Crippen LogP contribution in [0, 0.1) is 5.82 Å². The second kappa shape index (κ2) is 7.89. The average molecular weight is 397 g/mol. The molecule has 0 aliphatic heterocycles. The maximum absolute atomic E-state index is 14.1. The van der Waals surface area contributed by atoms with E-state index >= 15 is 0 Å². The van der Waals surface area contributed by atoms with Gasteiger partial charge in [-0.3, -0.25) is 9.59 Å². The molecule has 0 spiro atoms. The molecule has 0 unspecified atom stereocenters. The summed E-state index contributed by atoms with van der Waals surface area (Å²) in [7, 11) is -1.24. The molecule has 2 heterocycles. The van der Waals surface area contributed by atoms with Crippen LogP contribution in [0.5, 0.6) is 0 Å². The predicted octanol–water partition coefficient (Wildman–Crippen LogP) is 2.27. The fraction of sp³-hybridized carbons (Fsp3) is 0.294. The summed E-state index contributed by atoms with van der Waals surface area (Å²) in [6.45, 7) is 1.84. The highest BCUT2D eigenvalue weighted by Crippen LogP contribution is 2.27. The van der Waals surface area contributed by atoms with E-state index in [0.29, 0.717) is 22.7 Å². The number of carboxylic acid groups (broad SMARTS) is 1. The number of aliphatic carboxylic acids is 1. The van der Waals surface area contributed by atoms with Crippen molar-refractivity contribution in [1.29, 1.82) is 0 Å². The van der Waals surface area contributed by atoms with Crippen molar-refractivity contribution in [2.45, 2.75) is 24.7 Å². The zero-order valence-electron chi connectivity index (χ0n) is 15.0. The molecule has 2 aromatic heterocycles. The van der Waals surface area contributed by atoms with Crippen LogP contribution in [0.2, 0.25) is 0 Å². The molecule has 0 aliphatic rings. The molecule has 8 nitrogen and oxygen atoms in total. The number of nitrogens with zero attached hydrogens (tertiary/aromatic N) is 1. The Balaban J connectivity index is 0.000000380. The summed E-state index contributed by atoms with van der Waals surface area (Å²) in [6, 6.07) is 3.92. The van der Waals surface area contributed by atoms with Crippen LogP contribution in [-0.4, -0.2) is 47.9 Å². The van der Waals surface area contributed by atoms with Gasteiger partial charge in [-0.1, -0.05) is 6.92 Å². The van der Waals surface area contributed by atoms with E-state index < -0.39 is 26.7 Å². The van der Waals surface area contributed by atoms with Gasteiger partial charge in [0.1, 0.15) is 16.2 Å². The van der Waals surface area contributed by atoms with E-state index in [0.717, 1.165) is 16.8 Å². The number of rotatable bonds is 4. The Morgan fingerprint density at radius 3 is 2.44 bits per heavy atom. The molecule has 0 aliphatic carbocycles. The molecule has 3 aromatic rings. The predicted molar refractivity (Wildman–Crippen MR) is 99.8 cm³/mol. The Hall–Kier alpha value is -2.72. The van der Waals surface area contributed by atoms with Gasteiger partial charge in [0.15, 0.2) is 0 Å². The summed E-state index contributed by atoms with van der Waals surface area (Å²) in [5.74, 6) is -1.61. The number of hydrogen-bond acceptors (Lipinski definition) is 4. The van der Waals surface area contributed by atoms with Gasteiger partial charge in [-0.15, -0.1) is 0 Å². The van der Waals surface area contributed by atoms with Crippen LogP contribution >= 0.6 is 0 Å². The number of halogens is 1. The van der Waals surface area contributed by atoms with Gasteiger partial charge in [0, 0.05) is 37.5 Å². The second-order valence-corrected chi connectivity index (χ2v) is 8.10. The molecule has 3 N–H and O–H groups in total. The number of sulfonamides is 1. The lowest BCUT2D eigenvalue weighted by Crippen LogP contribution is -2.23. The number of aromatic amines is 2. The molecule has 3 rings (SSSR count). The van der Waals surface area contributed by atoms with Crippen LogP contribution in [-0.2, 0) is 14.8 Å². The summed E-state index contributed by atoms with van der Waals surface area (Å²) < 4.78 is 39.3. The first-order valence-electron chi connectivity index (χ1n) is 8.06. The minimum absolute atomic E-state index is 0.252. The molecule has 0 fully saturated rings. The molecule has 0 saturated heterocycles. The molecule has 0 amide bonds. The van der Waals surface area contributed by atoms with Crippen molar-refractivity contribution in [1.82, 2.24) is 14.3 Å². The molecule has 10 heteroatoms. The van der Waals surface area contributed by atoms with Crippen molar-refractivity contribution in [3.05, 3.63) is 40.6 Å². The van der Waals surface area contributed by atoms with Crippen molar-refractivity contribution >= 4 is 37.8 Å². The Morgan fingerprint density at radius 2 is 1.93 bits per heavy atom. The number of fused-ring (bicyclic) bond motifs is 3. The van der Waals surface area contributed by atoms with Crippen molar-refractivity contribution in [3.63, 3.8) is 0 Å². The van der Waals surface area contributed by atoms with E-state index in [1.807, 2.05) is 6.92 Å². The summed E-state index contributed by atoms with van der Waals surface area (Å²) in [4.78, 5) is 26.3. The van der Waals surface area contributed by atoms with E-state index in [-0.39, 0.29) is 11.1 Å². The van der Waals surface area contributed by atoms with E-state index in [4.69, 9.17) is 5.11 Å². The number of hydrogen-bond donors (Lipinski definition) is 3. The average Bonchev–Trinajstić information content (AvgIpc) is 3.05. The Bertz CT molecular complexity index is 1150. The topological polar surface area (TPSA) is 123 Å². The molecular weight excluding hydrogens is 377 g/mol. The molecule has 0 saturated carbocycles. The SMILES string of the molecule is CCCC(=O)O.CN(C)S(=O)(=O)c1cc2c(cc1F)[nH]c(=O)c1[nH]ccc12. The van der Waals surface area contributed by atoms with Crippen LogP contribution in [0.15, 0.2) is 34.1 Å². The van der Waals surface area contributed by atoms with Gasteiger partial charge in [0.05, 0.1) is 5.52 Å². The lowest BCUT2D eigenvalue weighted by molar-refractivity contribution is -0.137. The number of carbonyl (C=O) groups is 1. The van der Waals surface area contributed by atoms with Gasteiger partial charge in [0.25, 0.3) is 5.56 Å². The maximum atomic E-state index is 14.1. The highest BCUT2D eigenvalue weighted by atomic mass is 32.2. The number of aromatic nitrogens is 2. The standard InChI is InChI=1S/C13H12FN3O3S.C4H8O2/c1-17(2)21(19,20)11-5-8-7-3-4-15-12(7)13(18)16-10(8)6-9(11)14;1-2-3-4(5)6/h3-6,15H,1-2H3,(H,16,18);2-3H2,1H3,(H,5,6). The number of pyridine rings is 1. The van der Waals surface area contributed by atoms with Gasteiger partial charge in [-0.25, -0.2) is 17.1 Å². The number of H-pyrrole nitrogens is 2. The monoisotopic (exact) mass is 397 g/mol. The van der Waals surface area contributed by atoms with Crippen molar-refractivity contribution in [2.24, 2.45) is 0 Å².